The molecule has 0 spiro atoms. The quantitative estimate of drug-likeness (QED) is 0.733. The summed E-state index contributed by atoms with van der Waals surface area (Å²) in [5.41, 5.74) is 3.50. The first-order chi connectivity index (χ1) is 7.25. The Hall–Kier alpha value is -1.28. The molecule has 0 saturated heterocycles. The Bertz CT molecular complexity index is 536. The molecule has 1 N–H and O–H groups in total. The SMILES string of the molecule is CC1CNc2c1cnc1cc(Cl)ccc21. The zero-order valence-electron chi connectivity index (χ0n) is 8.42. The van der Waals surface area contributed by atoms with Crippen LogP contribution >= 0.6 is 11.6 Å². The summed E-state index contributed by atoms with van der Waals surface area (Å²) in [5.74, 6) is 0.549. The van der Waals surface area contributed by atoms with Crippen molar-refractivity contribution in [3.8, 4) is 0 Å². The molecule has 76 valence electrons. The van der Waals surface area contributed by atoms with Gasteiger partial charge in [-0.15, -0.1) is 0 Å². The van der Waals surface area contributed by atoms with E-state index in [1.807, 2.05) is 24.4 Å². The third kappa shape index (κ3) is 1.29. The zero-order chi connectivity index (χ0) is 10.4. The first-order valence-electron chi connectivity index (χ1n) is 5.08. The van der Waals surface area contributed by atoms with Gasteiger partial charge in [-0.05, 0) is 23.8 Å². The number of rotatable bonds is 0. The van der Waals surface area contributed by atoms with E-state index < -0.39 is 0 Å². The number of aromatic nitrogens is 1. The minimum Gasteiger partial charge on any atom is -0.384 e. The molecule has 1 aliphatic heterocycles. The van der Waals surface area contributed by atoms with Crippen LogP contribution in [-0.2, 0) is 0 Å². The molecule has 0 aliphatic carbocycles. The number of anilines is 1. The van der Waals surface area contributed by atoms with E-state index in [4.69, 9.17) is 11.6 Å². The van der Waals surface area contributed by atoms with Crippen LogP contribution in [0.2, 0.25) is 5.02 Å². The monoisotopic (exact) mass is 218 g/mol. The molecule has 1 aromatic carbocycles. The van der Waals surface area contributed by atoms with Crippen molar-refractivity contribution in [2.45, 2.75) is 12.8 Å². The lowest BCUT2D eigenvalue weighted by Gasteiger charge is -2.05. The molecule has 1 unspecified atom stereocenters. The lowest BCUT2D eigenvalue weighted by Crippen LogP contribution is -1.96. The first-order valence-corrected chi connectivity index (χ1v) is 5.45. The van der Waals surface area contributed by atoms with E-state index >= 15 is 0 Å². The van der Waals surface area contributed by atoms with E-state index in [1.54, 1.807) is 0 Å². The number of hydrogen-bond donors (Lipinski definition) is 1. The molecule has 1 aromatic heterocycles. The summed E-state index contributed by atoms with van der Waals surface area (Å²) in [4.78, 5) is 4.44. The van der Waals surface area contributed by atoms with Crippen molar-refractivity contribution in [2.24, 2.45) is 0 Å². The summed E-state index contributed by atoms with van der Waals surface area (Å²) in [5, 5.41) is 5.33. The lowest BCUT2D eigenvalue weighted by molar-refractivity contribution is 0.850. The highest BCUT2D eigenvalue weighted by atomic mass is 35.5. The van der Waals surface area contributed by atoms with Gasteiger partial charge in [-0.1, -0.05) is 18.5 Å². The van der Waals surface area contributed by atoms with Crippen molar-refractivity contribution in [1.82, 2.24) is 4.98 Å². The van der Waals surface area contributed by atoms with E-state index in [-0.39, 0.29) is 0 Å². The number of nitrogens with one attached hydrogen (secondary N) is 1. The molecule has 0 fully saturated rings. The smallest absolute Gasteiger partial charge is 0.0737 e. The average molecular weight is 219 g/mol. The van der Waals surface area contributed by atoms with Crippen molar-refractivity contribution in [3.63, 3.8) is 0 Å². The Morgan fingerprint density at radius 2 is 2.33 bits per heavy atom. The van der Waals surface area contributed by atoms with E-state index in [9.17, 15) is 0 Å². The second-order valence-corrected chi connectivity index (χ2v) is 4.47. The molecule has 0 bridgehead atoms. The average Bonchev–Trinajstić information content (AvgIpc) is 2.60. The molecule has 0 saturated carbocycles. The maximum absolute atomic E-state index is 5.94. The molecule has 3 rings (SSSR count). The second-order valence-electron chi connectivity index (χ2n) is 4.03. The highest BCUT2D eigenvalue weighted by molar-refractivity contribution is 6.31. The molecular weight excluding hydrogens is 208 g/mol. The summed E-state index contributed by atoms with van der Waals surface area (Å²) in [6, 6.07) is 5.85. The zero-order valence-corrected chi connectivity index (χ0v) is 9.17. The molecule has 2 nitrogen and oxygen atoms in total. The Morgan fingerprint density at radius 1 is 1.47 bits per heavy atom. The van der Waals surface area contributed by atoms with Crippen LogP contribution in [-0.4, -0.2) is 11.5 Å². The van der Waals surface area contributed by atoms with Crippen LogP contribution in [0.3, 0.4) is 0 Å². The minimum absolute atomic E-state index is 0.549. The minimum atomic E-state index is 0.549. The van der Waals surface area contributed by atoms with E-state index in [1.165, 1.54) is 16.6 Å². The van der Waals surface area contributed by atoms with E-state index in [2.05, 4.69) is 17.2 Å². The Morgan fingerprint density at radius 3 is 3.20 bits per heavy atom. The van der Waals surface area contributed by atoms with Crippen LogP contribution in [0.15, 0.2) is 24.4 Å². The van der Waals surface area contributed by atoms with Crippen molar-refractivity contribution in [1.29, 1.82) is 0 Å². The van der Waals surface area contributed by atoms with Gasteiger partial charge < -0.3 is 5.32 Å². The van der Waals surface area contributed by atoms with Gasteiger partial charge in [0.2, 0.25) is 0 Å². The van der Waals surface area contributed by atoms with Gasteiger partial charge in [0, 0.05) is 34.8 Å². The molecular formula is C12H11ClN2. The Kier molecular flexibility index (Phi) is 1.86. The number of benzene rings is 1. The largest absolute Gasteiger partial charge is 0.384 e. The molecule has 1 aliphatic rings. The first kappa shape index (κ1) is 8.98. The summed E-state index contributed by atoms with van der Waals surface area (Å²) < 4.78 is 0. The van der Waals surface area contributed by atoms with Gasteiger partial charge in [0.05, 0.1) is 5.52 Å². The summed E-state index contributed by atoms with van der Waals surface area (Å²) in [6.07, 6.45) is 1.96. The molecule has 3 heteroatoms. The number of pyridine rings is 1. The third-order valence-electron chi connectivity index (χ3n) is 2.98. The summed E-state index contributed by atoms with van der Waals surface area (Å²) in [7, 11) is 0. The number of halogens is 1. The van der Waals surface area contributed by atoms with Crippen LogP contribution in [0, 0.1) is 0 Å². The van der Waals surface area contributed by atoms with Crippen LogP contribution in [0.4, 0.5) is 5.69 Å². The predicted molar refractivity (Wildman–Crippen MR) is 63.7 cm³/mol. The van der Waals surface area contributed by atoms with Gasteiger partial charge in [-0.3, -0.25) is 4.98 Å². The van der Waals surface area contributed by atoms with Gasteiger partial charge in [0.1, 0.15) is 0 Å². The van der Waals surface area contributed by atoms with Crippen molar-refractivity contribution in [3.05, 3.63) is 35.0 Å². The highest BCUT2D eigenvalue weighted by Crippen LogP contribution is 2.36. The fourth-order valence-electron chi connectivity index (χ4n) is 2.12. The van der Waals surface area contributed by atoms with E-state index in [0.29, 0.717) is 5.92 Å². The molecule has 0 amide bonds. The Labute approximate surface area is 93.3 Å². The number of fused-ring (bicyclic) bond motifs is 3. The second kappa shape index (κ2) is 3.11. The van der Waals surface area contributed by atoms with Crippen molar-refractivity contribution < 1.29 is 0 Å². The van der Waals surface area contributed by atoms with E-state index in [0.717, 1.165) is 17.1 Å². The lowest BCUT2D eigenvalue weighted by atomic mass is 10.0. The van der Waals surface area contributed by atoms with Gasteiger partial charge in [-0.2, -0.15) is 0 Å². The molecule has 2 aromatic rings. The van der Waals surface area contributed by atoms with Crippen LogP contribution < -0.4 is 5.32 Å². The van der Waals surface area contributed by atoms with Gasteiger partial charge in [0.15, 0.2) is 0 Å². The molecule has 15 heavy (non-hydrogen) atoms. The highest BCUT2D eigenvalue weighted by Gasteiger charge is 2.20. The van der Waals surface area contributed by atoms with Gasteiger partial charge in [0.25, 0.3) is 0 Å². The topological polar surface area (TPSA) is 24.9 Å². The van der Waals surface area contributed by atoms with Gasteiger partial charge >= 0.3 is 0 Å². The maximum atomic E-state index is 5.94. The molecule has 0 radical (unpaired) electrons. The number of hydrogen-bond acceptors (Lipinski definition) is 2. The maximum Gasteiger partial charge on any atom is 0.0737 e. The van der Waals surface area contributed by atoms with Gasteiger partial charge in [-0.25, -0.2) is 0 Å². The summed E-state index contributed by atoms with van der Waals surface area (Å²) in [6.45, 7) is 3.21. The standard InChI is InChI=1S/C12H11ClN2/c1-7-5-15-12-9-3-2-8(13)4-11(9)14-6-10(7)12/h2-4,6-7,15H,5H2,1H3. The van der Waals surface area contributed by atoms with Crippen LogP contribution in [0.5, 0.6) is 0 Å². The van der Waals surface area contributed by atoms with Crippen molar-refractivity contribution >= 4 is 28.2 Å². The Balaban J connectivity index is 2.35. The fourth-order valence-corrected chi connectivity index (χ4v) is 2.28. The normalized spacial score (nSPS) is 18.9. The predicted octanol–water partition coefficient (Wildman–Crippen LogP) is 3.42. The molecule has 1 atom stereocenters. The summed E-state index contributed by atoms with van der Waals surface area (Å²) >= 11 is 5.94. The third-order valence-corrected chi connectivity index (χ3v) is 3.21. The van der Waals surface area contributed by atoms with Crippen molar-refractivity contribution in [2.75, 3.05) is 11.9 Å². The van der Waals surface area contributed by atoms with Crippen LogP contribution in [0.1, 0.15) is 18.4 Å². The molecule has 2 heterocycles. The number of nitrogens with zero attached hydrogens (tertiary/aromatic N) is 1. The fraction of sp³-hybridized carbons (Fsp3) is 0.250. The van der Waals surface area contributed by atoms with Crippen LogP contribution in [0.25, 0.3) is 10.9 Å².